The highest BCUT2D eigenvalue weighted by atomic mass is 32.1. The van der Waals surface area contributed by atoms with E-state index in [2.05, 4.69) is 9.69 Å². The first-order valence-electron chi connectivity index (χ1n) is 3.37. The van der Waals surface area contributed by atoms with Gasteiger partial charge in [-0.05, 0) is 31.6 Å². The number of aromatic nitrogens is 1. The number of carbonyl (C=O) groups excluding carboxylic acids is 1. The van der Waals surface area contributed by atoms with Gasteiger partial charge in [-0.1, -0.05) is 0 Å². The summed E-state index contributed by atoms with van der Waals surface area (Å²) in [6, 6.07) is 1.60. The zero-order valence-electron chi connectivity index (χ0n) is 6.50. The van der Waals surface area contributed by atoms with E-state index in [9.17, 15) is 4.79 Å². The Labute approximate surface area is 69.6 Å². The second-order valence-electron chi connectivity index (χ2n) is 2.26. The van der Waals surface area contributed by atoms with Crippen molar-refractivity contribution < 1.29 is 4.79 Å². The van der Waals surface area contributed by atoms with Gasteiger partial charge in [0.2, 0.25) is 0 Å². The van der Waals surface area contributed by atoms with Crippen LogP contribution in [0.4, 0.5) is 0 Å². The van der Waals surface area contributed by atoms with Gasteiger partial charge < -0.3 is 5.32 Å². The Kier molecular flexibility index (Phi) is 2.73. The maximum atomic E-state index is 11.3. The van der Waals surface area contributed by atoms with Crippen molar-refractivity contribution in [1.29, 1.82) is 0 Å². The summed E-state index contributed by atoms with van der Waals surface area (Å²) in [5.74, 6) is 0.0498. The summed E-state index contributed by atoms with van der Waals surface area (Å²) < 4.78 is 3.94. The van der Waals surface area contributed by atoms with Crippen LogP contribution in [0.3, 0.4) is 0 Å². The third-order valence-corrected chi connectivity index (χ3v) is 2.08. The number of rotatable bonds is 3. The Balaban J connectivity index is 2.70. The van der Waals surface area contributed by atoms with E-state index in [0.717, 1.165) is 0 Å². The van der Waals surface area contributed by atoms with Crippen molar-refractivity contribution >= 4 is 17.3 Å². The summed E-state index contributed by atoms with van der Waals surface area (Å²) in [4.78, 5) is 11.3. The molecule has 3 nitrogen and oxygen atoms in total. The molecule has 1 aromatic heterocycles. The molecule has 4 heteroatoms. The number of Topliss-reactive ketones (excluding diaryl/α,β-unsaturated/α-hetero) is 1. The number of hydrogen-bond donors (Lipinski definition) is 1. The average Bonchev–Trinajstić information content (AvgIpc) is 2.53. The highest BCUT2D eigenvalue weighted by molar-refractivity contribution is 7.03. The predicted octanol–water partition coefficient (Wildman–Crippen LogP) is 0.934. The molecule has 0 saturated heterocycles. The fourth-order valence-electron chi connectivity index (χ4n) is 0.693. The lowest BCUT2D eigenvalue weighted by Gasteiger charge is -2.04. The Morgan fingerprint density at radius 2 is 2.55 bits per heavy atom. The highest BCUT2D eigenvalue weighted by Crippen LogP contribution is 2.02. The maximum absolute atomic E-state index is 11.3. The second kappa shape index (κ2) is 3.59. The Bertz CT molecular complexity index is 233. The molecule has 0 aliphatic rings. The number of nitrogens with zero attached hydrogens (tertiary/aromatic N) is 1. The molecule has 0 aliphatic carbocycles. The quantitative estimate of drug-likeness (QED) is 0.686. The van der Waals surface area contributed by atoms with Crippen molar-refractivity contribution in [3.05, 3.63) is 17.1 Å². The third kappa shape index (κ3) is 1.85. The van der Waals surface area contributed by atoms with Gasteiger partial charge in [0.1, 0.15) is 5.69 Å². The molecule has 11 heavy (non-hydrogen) atoms. The third-order valence-electron chi connectivity index (χ3n) is 1.52. The van der Waals surface area contributed by atoms with Gasteiger partial charge in [-0.3, -0.25) is 4.79 Å². The summed E-state index contributed by atoms with van der Waals surface area (Å²) in [5, 5.41) is 4.67. The van der Waals surface area contributed by atoms with Crippen LogP contribution in [0.15, 0.2) is 11.4 Å². The van der Waals surface area contributed by atoms with E-state index in [0.29, 0.717) is 5.69 Å². The van der Waals surface area contributed by atoms with Crippen LogP contribution in [0.25, 0.3) is 0 Å². The van der Waals surface area contributed by atoms with E-state index in [1.54, 1.807) is 18.5 Å². The summed E-state index contributed by atoms with van der Waals surface area (Å²) in [7, 11) is 1.76. The molecule has 1 heterocycles. The van der Waals surface area contributed by atoms with E-state index in [4.69, 9.17) is 0 Å². The van der Waals surface area contributed by atoms with Crippen molar-refractivity contribution in [2.75, 3.05) is 7.05 Å². The van der Waals surface area contributed by atoms with Crippen LogP contribution in [0.1, 0.15) is 17.4 Å². The lowest BCUT2D eigenvalue weighted by atomic mass is 10.1. The van der Waals surface area contributed by atoms with Gasteiger partial charge in [-0.2, -0.15) is 4.37 Å². The number of likely N-dealkylation sites (N-methyl/N-ethyl adjacent to an activating group) is 1. The molecule has 1 aromatic rings. The lowest BCUT2D eigenvalue weighted by molar-refractivity contribution is 0.0951. The minimum atomic E-state index is -0.142. The zero-order valence-corrected chi connectivity index (χ0v) is 7.31. The molecule has 0 spiro atoms. The van der Waals surface area contributed by atoms with Gasteiger partial charge in [-0.15, -0.1) is 0 Å². The van der Waals surface area contributed by atoms with Crippen LogP contribution < -0.4 is 5.32 Å². The van der Waals surface area contributed by atoms with Crippen molar-refractivity contribution in [2.45, 2.75) is 13.0 Å². The van der Waals surface area contributed by atoms with E-state index in [1.165, 1.54) is 11.5 Å². The number of hydrogen-bond acceptors (Lipinski definition) is 4. The van der Waals surface area contributed by atoms with Crippen LogP contribution in [-0.4, -0.2) is 23.2 Å². The first-order valence-corrected chi connectivity index (χ1v) is 4.21. The molecule has 0 amide bonds. The summed E-state index contributed by atoms with van der Waals surface area (Å²) in [6.45, 7) is 1.82. The molecule has 0 aliphatic heterocycles. The van der Waals surface area contributed by atoms with Crippen LogP contribution >= 0.6 is 11.5 Å². The monoisotopic (exact) mass is 170 g/mol. The number of carbonyl (C=O) groups is 1. The molecule has 0 unspecified atom stereocenters. The molecule has 1 rings (SSSR count). The van der Waals surface area contributed by atoms with Crippen LogP contribution in [-0.2, 0) is 0 Å². The summed E-state index contributed by atoms with van der Waals surface area (Å²) in [5.41, 5.74) is 0.553. The molecule has 0 fully saturated rings. The second-order valence-corrected chi connectivity index (χ2v) is 2.92. The smallest absolute Gasteiger partial charge is 0.198 e. The van der Waals surface area contributed by atoms with Gasteiger partial charge >= 0.3 is 0 Å². The topological polar surface area (TPSA) is 42.0 Å². The fourth-order valence-corrected chi connectivity index (χ4v) is 1.21. The number of nitrogens with one attached hydrogen (secondary N) is 1. The molecule has 0 aromatic carbocycles. The van der Waals surface area contributed by atoms with Crippen molar-refractivity contribution in [3.8, 4) is 0 Å². The summed E-state index contributed by atoms with van der Waals surface area (Å²) in [6.07, 6.45) is 0. The van der Waals surface area contributed by atoms with Gasteiger partial charge in [0.25, 0.3) is 0 Å². The largest absolute Gasteiger partial charge is 0.310 e. The van der Waals surface area contributed by atoms with Crippen LogP contribution in [0, 0.1) is 0 Å². The Morgan fingerprint density at radius 1 is 1.82 bits per heavy atom. The molecule has 0 bridgehead atoms. The van der Waals surface area contributed by atoms with Gasteiger partial charge in [0.05, 0.1) is 6.04 Å². The Morgan fingerprint density at radius 3 is 3.00 bits per heavy atom. The normalized spacial score (nSPS) is 12.9. The fraction of sp³-hybridized carbons (Fsp3) is 0.429. The minimum absolute atomic E-state index is 0.0498. The highest BCUT2D eigenvalue weighted by Gasteiger charge is 2.13. The first kappa shape index (κ1) is 8.36. The average molecular weight is 170 g/mol. The molecular weight excluding hydrogens is 160 g/mol. The molecule has 0 radical (unpaired) electrons. The van der Waals surface area contributed by atoms with Gasteiger partial charge in [0.15, 0.2) is 5.78 Å². The molecule has 60 valence electrons. The number of ketones is 1. The first-order chi connectivity index (χ1) is 5.25. The van der Waals surface area contributed by atoms with E-state index in [-0.39, 0.29) is 11.8 Å². The Hall–Kier alpha value is -0.740. The van der Waals surface area contributed by atoms with Gasteiger partial charge in [-0.25, -0.2) is 0 Å². The minimum Gasteiger partial charge on any atom is -0.310 e. The lowest BCUT2D eigenvalue weighted by Crippen LogP contribution is -2.30. The van der Waals surface area contributed by atoms with E-state index >= 15 is 0 Å². The zero-order chi connectivity index (χ0) is 8.27. The molecule has 0 saturated carbocycles. The van der Waals surface area contributed by atoms with E-state index < -0.39 is 0 Å². The molecular formula is C7H10N2OS. The SMILES string of the molecule is CN[C@@H](C)C(=O)c1ccsn1. The van der Waals surface area contributed by atoms with Gasteiger partial charge in [0, 0.05) is 5.38 Å². The molecule has 1 atom stereocenters. The maximum Gasteiger partial charge on any atom is 0.198 e. The van der Waals surface area contributed by atoms with Crippen molar-refractivity contribution in [2.24, 2.45) is 0 Å². The van der Waals surface area contributed by atoms with Crippen molar-refractivity contribution in [3.63, 3.8) is 0 Å². The summed E-state index contributed by atoms with van der Waals surface area (Å²) >= 11 is 1.30. The van der Waals surface area contributed by atoms with Crippen LogP contribution in [0.5, 0.6) is 0 Å². The predicted molar refractivity (Wildman–Crippen MR) is 45.0 cm³/mol. The van der Waals surface area contributed by atoms with E-state index in [1.807, 2.05) is 6.92 Å². The van der Waals surface area contributed by atoms with Crippen molar-refractivity contribution in [1.82, 2.24) is 9.69 Å². The van der Waals surface area contributed by atoms with Crippen LogP contribution in [0.2, 0.25) is 0 Å². The standard InChI is InChI=1S/C7H10N2OS/c1-5(8-2)7(10)6-3-4-11-9-6/h3-5,8H,1-2H3/t5-/m0/s1. The molecule has 1 N–H and O–H groups in total.